The molecule has 0 bridgehead atoms. The molecule has 0 aliphatic heterocycles. The van der Waals surface area contributed by atoms with Crippen LogP contribution in [0.3, 0.4) is 0 Å². The first-order chi connectivity index (χ1) is 7.86. The van der Waals surface area contributed by atoms with Crippen LogP contribution in [-0.2, 0) is 0 Å². The lowest BCUT2D eigenvalue weighted by Gasteiger charge is -2.07. The zero-order chi connectivity index (χ0) is 11.0. The quantitative estimate of drug-likeness (QED) is 0.694. The third-order valence-electron chi connectivity index (χ3n) is 2.81. The molecule has 2 aromatic heterocycles. The van der Waals surface area contributed by atoms with Crippen LogP contribution >= 0.6 is 11.3 Å². The fraction of sp³-hybridized carbons (Fsp3) is 0.0769. The largest absolute Gasteiger partial charge is 0.361 e. The second-order valence-electron chi connectivity index (χ2n) is 3.78. The van der Waals surface area contributed by atoms with Gasteiger partial charge in [0, 0.05) is 22.0 Å². The van der Waals surface area contributed by atoms with E-state index in [4.69, 9.17) is 5.73 Å². The van der Waals surface area contributed by atoms with Crippen molar-refractivity contribution in [2.75, 3.05) is 0 Å². The van der Waals surface area contributed by atoms with E-state index in [9.17, 15) is 0 Å². The number of nitrogens with one attached hydrogen (secondary N) is 1. The Morgan fingerprint density at radius 2 is 2.00 bits per heavy atom. The first kappa shape index (κ1) is 9.63. The van der Waals surface area contributed by atoms with E-state index in [0.717, 1.165) is 11.1 Å². The third kappa shape index (κ3) is 1.45. The Kier molecular flexibility index (Phi) is 2.27. The van der Waals surface area contributed by atoms with E-state index < -0.39 is 0 Å². The van der Waals surface area contributed by atoms with Crippen molar-refractivity contribution in [3.05, 3.63) is 58.4 Å². The number of fused-ring (bicyclic) bond motifs is 1. The summed E-state index contributed by atoms with van der Waals surface area (Å²) >= 11 is 1.70. The Morgan fingerprint density at radius 1 is 1.12 bits per heavy atom. The average Bonchev–Trinajstić information content (AvgIpc) is 2.98. The van der Waals surface area contributed by atoms with Crippen LogP contribution in [0.5, 0.6) is 0 Å². The minimum Gasteiger partial charge on any atom is -0.361 e. The average molecular weight is 228 g/mol. The van der Waals surface area contributed by atoms with Crippen molar-refractivity contribution in [2.24, 2.45) is 5.73 Å². The lowest BCUT2D eigenvalue weighted by Crippen LogP contribution is -2.09. The van der Waals surface area contributed by atoms with E-state index in [0.29, 0.717) is 0 Å². The second kappa shape index (κ2) is 3.77. The van der Waals surface area contributed by atoms with Crippen LogP contribution in [0.15, 0.2) is 48.0 Å². The van der Waals surface area contributed by atoms with Crippen LogP contribution in [0.2, 0.25) is 0 Å². The summed E-state index contributed by atoms with van der Waals surface area (Å²) in [6, 6.07) is 12.3. The van der Waals surface area contributed by atoms with E-state index in [-0.39, 0.29) is 6.04 Å². The number of rotatable bonds is 2. The maximum atomic E-state index is 6.26. The number of H-pyrrole nitrogens is 1. The van der Waals surface area contributed by atoms with Crippen molar-refractivity contribution < 1.29 is 0 Å². The van der Waals surface area contributed by atoms with Crippen LogP contribution in [0, 0.1) is 0 Å². The van der Waals surface area contributed by atoms with E-state index in [1.54, 1.807) is 11.3 Å². The summed E-state index contributed by atoms with van der Waals surface area (Å²) in [7, 11) is 0. The smallest absolute Gasteiger partial charge is 0.0667 e. The van der Waals surface area contributed by atoms with Crippen molar-refractivity contribution in [2.45, 2.75) is 6.04 Å². The van der Waals surface area contributed by atoms with Gasteiger partial charge in [0.25, 0.3) is 0 Å². The van der Waals surface area contributed by atoms with Gasteiger partial charge in [0.2, 0.25) is 0 Å². The van der Waals surface area contributed by atoms with Gasteiger partial charge in [-0.1, -0.05) is 24.3 Å². The lowest BCUT2D eigenvalue weighted by molar-refractivity contribution is 0.903. The normalized spacial score (nSPS) is 13.1. The number of hydrogen-bond donors (Lipinski definition) is 2. The molecule has 0 aliphatic rings. The molecule has 0 saturated heterocycles. The Hall–Kier alpha value is -1.58. The molecule has 3 aromatic rings. The zero-order valence-corrected chi connectivity index (χ0v) is 9.50. The maximum Gasteiger partial charge on any atom is 0.0667 e. The van der Waals surface area contributed by atoms with Gasteiger partial charge in [-0.2, -0.15) is 0 Å². The summed E-state index contributed by atoms with van der Waals surface area (Å²) in [5.74, 6) is 0. The van der Waals surface area contributed by atoms with Crippen LogP contribution < -0.4 is 5.73 Å². The van der Waals surface area contributed by atoms with E-state index in [2.05, 4.69) is 28.6 Å². The highest BCUT2D eigenvalue weighted by Crippen LogP contribution is 2.29. The molecular weight excluding hydrogens is 216 g/mol. The highest BCUT2D eigenvalue weighted by Gasteiger charge is 2.13. The molecule has 0 radical (unpaired) electrons. The summed E-state index contributed by atoms with van der Waals surface area (Å²) < 4.78 is 0. The molecule has 0 saturated carbocycles. The topological polar surface area (TPSA) is 41.8 Å². The molecule has 0 amide bonds. The van der Waals surface area contributed by atoms with Crippen LogP contribution in [0.4, 0.5) is 0 Å². The number of aromatic amines is 1. The molecule has 1 unspecified atom stereocenters. The first-order valence-electron chi connectivity index (χ1n) is 5.21. The second-order valence-corrected chi connectivity index (χ2v) is 4.76. The van der Waals surface area contributed by atoms with E-state index in [1.165, 1.54) is 10.3 Å². The molecule has 3 N–H and O–H groups in total. The van der Waals surface area contributed by atoms with Crippen molar-refractivity contribution in [1.29, 1.82) is 0 Å². The number of hydrogen-bond acceptors (Lipinski definition) is 2. The Labute approximate surface area is 97.7 Å². The van der Waals surface area contributed by atoms with Crippen molar-refractivity contribution >= 4 is 22.2 Å². The van der Waals surface area contributed by atoms with Crippen LogP contribution in [0.1, 0.15) is 16.5 Å². The molecule has 3 rings (SSSR count). The molecule has 2 heterocycles. The Bertz CT molecular complexity index is 595. The van der Waals surface area contributed by atoms with Gasteiger partial charge < -0.3 is 10.7 Å². The van der Waals surface area contributed by atoms with Gasteiger partial charge in [-0.05, 0) is 23.1 Å². The number of thiophene rings is 1. The number of benzene rings is 1. The molecular formula is C13H12N2S. The molecule has 1 atom stereocenters. The molecule has 0 fully saturated rings. The molecule has 0 spiro atoms. The lowest BCUT2D eigenvalue weighted by atomic mass is 10.1. The molecule has 2 nitrogen and oxygen atoms in total. The summed E-state index contributed by atoms with van der Waals surface area (Å²) in [4.78, 5) is 4.45. The van der Waals surface area contributed by atoms with Gasteiger partial charge in [-0.3, -0.25) is 0 Å². The molecule has 80 valence electrons. The molecule has 0 aliphatic carbocycles. The van der Waals surface area contributed by atoms with Crippen molar-refractivity contribution in [3.8, 4) is 0 Å². The van der Waals surface area contributed by atoms with E-state index in [1.807, 2.05) is 24.4 Å². The number of aromatic nitrogens is 1. The Morgan fingerprint density at radius 3 is 2.81 bits per heavy atom. The predicted molar refractivity (Wildman–Crippen MR) is 68.6 cm³/mol. The monoisotopic (exact) mass is 228 g/mol. The van der Waals surface area contributed by atoms with Crippen LogP contribution in [0.25, 0.3) is 10.9 Å². The van der Waals surface area contributed by atoms with Crippen LogP contribution in [-0.4, -0.2) is 4.98 Å². The summed E-state index contributed by atoms with van der Waals surface area (Å²) in [6.45, 7) is 0. The number of para-hydroxylation sites is 1. The van der Waals surface area contributed by atoms with Gasteiger partial charge >= 0.3 is 0 Å². The van der Waals surface area contributed by atoms with Gasteiger partial charge in [-0.15, -0.1) is 11.3 Å². The summed E-state index contributed by atoms with van der Waals surface area (Å²) in [5, 5.41) is 3.27. The minimum absolute atomic E-state index is 0.0313. The van der Waals surface area contributed by atoms with Gasteiger partial charge in [0.1, 0.15) is 0 Å². The van der Waals surface area contributed by atoms with Crippen molar-refractivity contribution in [1.82, 2.24) is 4.98 Å². The minimum atomic E-state index is -0.0313. The highest BCUT2D eigenvalue weighted by molar-refractivity contribution is 7.10. The first-order valence-corrected chi connectivity index (χ1v) is 6.09. The fourth-order valence-electron chi connectivity index (χ4n) is 1.97. The highest BCUT2D eigenvalue weighted by atomic mass is 32.1. The number of nitrogens with two attached hydrogens (primary N) is 1. The molecule has 16 heavy (non-hydrogen) atoms. The zero-order valence-electron chi connectivity index (χ0n) is 8.68. The Balaban J connectivity index is 2.12. The van der Waals surface area contributed by atoms with Gasteiger partial charge in [0.15, 0.2) is 0 Å². The SMILES string of the molecule is NC(c1cccs1)c1c[nH]c2ccccc12. The third-order valence-corrected chi connectivity index (χ3v) is 3.76. The molecule has 1 aromatic carbocycles. The van der Waals surface area contributed by atoms with Gasteiger partial charge in [0.05, 0.1) is 6.04 Å². The van der Waals surface area contributed by atoms with E-state index >= 15 is 0 Å². The summed E-state index contributed by atoms with van der Waals surface area (Å²) in [5.41, 5.74) is 8.57. The fourth-order valence-corrected chi connectivity index (χ4v) is 2.72. The predicted octanol–water partition coefficient (Wildman–Crippen LogP) is 3.28. The van der Waals surface area contributed by atoms with Gasteiger partial charge in [-0.25, -0.2) is 0 Å². The van der Waals surface area contributed by atoms with Crippen molar-refractivity contribution in [3.63, 3.8) is 0 Å². The standard InChI is InChI=1S/C13H12N2S/c14-13(12-6-3-7-16-12)10-8-15-11-5-2-1-4-9(10)11/h1-8,13,15H,14H2. The maximum absolute atomic E-state index is 6.26. The molecule has 3 heteroatoms. The summed E-state index contributed by atoms with van der Waals surface area (Å²) in [6.07, 6.45) is 2.01.